The van der Waals surface area contributed by atoms with E-state index in [-0.39, 0.29) is 11.0 Å². The molecule has 5 heteroatoms. The van der Waals surface area contributed by atoms with Gasteiger partial charge in [0.25, 0.3) is 5.91 Å². The van der Waals surface area contributed by atoms with E-state index in [2.05, 4.69) is 24.5 Å². The monoisotopic (exact) mass is 342 g/mol. The minimum absolute atomic E-state index is 0.268. The summed E-state index contributed by atoms with van der Waals surface area (Å²) in [5.74, 6) is 0.750. The van der Waals surface area contributed by atoms with Gasteiger partial charge in [0.15, 0.2) is 5.11 Å². The zero-order chi connectivity index (χ0) is 17.5. The Morgan fingerprint density at radius 3 is 2.62 bits per heavy atom. The molecule has 0 fully saturated rings. The Hall–Kier alpha value is -2.40. The Bertz CT molecular complexity index is 729. The van der Waals surface area contributed by atoms with Crippen LogP contribution < -0.4 is 15.4 Å². The molecule has 0 aromatic heterocycles. The Morgan fingerprint density at radius 2 is 1.92 bits per heavy atom. The number of thiocarbonyl (C=S) groups is 1. The van der Waals surface area contributed by atoms with Crippen LogP contribution in [-0.4, -0.2) is 17.6 Å². The molecule has 4 nitrogen and oxygen atoms in total. The van der Waals surface area contributed by atoms with E-state index >= 15 is 0 Å². The maximum absolute atomic E-state index is 12.3. The van der Waals surface area contributed by atoms with E-state index < -0.39 is 0 Å². The van der Waals surface area contributed by atoms with Gasteiger partial charge in [-0.15, -0.1) is 0 Å². The summed E-state index contributed by atoms with van der Waals surface area (Å²) in [5, 5.41) is 6.08. The van der Waals surface area contributed by atoms with Crippen LogP contribution in [0.25, 0.3) is 0 Å². The summed E-state index contributed by atoms with van der Waals surface area (Å²) in [6.45, 7) is 6.68. The third-order valence-electron chi connectivity index (χ3n) is 3.47. The average molecular weight is 342 g/mol. The number of ether oxygens (including phenoxy) is 1. The highest BCUT2D eigenvalue weighted by Gasteiger charge is 2.11. The fourth-order valence-electron chi connectivity index (χ4n) is 2.34. The van der Waals surface area contributed by atoms with Crippen molar-refractivity contribution in [3.05, 3.63) is 59.7 Å². The van der Waals surface area contributed by atoms with E-state index in [1.807, 2.05) is 37.3 Å². The maximum Gasteiger partial charge on any atom is 0.257 e. The van der Waals surface area contributed by atoms with Gasteiger partial charge >= 0.3 is 0 Å². The Balaban J connectivity index is 2.05. The molecular weight excluding hydrogens is 320 g/mol. The molecule has 0 radical (unpaired) electrons. The number of rotatable bonds is 5. The van der Waals surface area contributed by atoms with Crippen LogP contribution in [-0.2, 0) is 0 Å². The molecule has 0 aliphatic heterocycles. The fraction of sp³-hybridized carbons (Fsp3) is 0.263. The number of anilines is 1. The number of amides is 1. The van der Waals surface area contributed by atoms with Crippen molar-refractivity contribution in [2.45, 2.75) is 26.7 Å². The molecule has 2 aromatic rings. The Morgan fingerprint density at radius 1 is 1.17 bits per heavy atom. The zero-order valence-electron chi connectivity index (χ0n) is 14.1. The van der Waals surface area contributed by atoms with Crippen molar-refractivity contribution in [3.8, 4) is 5.75 Å². The summed E-state index contributed by atoms with van der Waals surface area (Å²) in [6.07, 6.45) is 0. The van der Waals surface area contributed by atoms with Gasteiger partial charge < -0.3 is 10.1 Å². The number of benzene rings is 2. The lowest BCUT2D eigenvalue weighted by molar-refractivity contribution is 0.0977. The van der Waals surface area contributed by atoms with E-state index in [0.29, 0.717) is 23.8 Å². The lowest BCUT2D eigenvalue weighted by atomic mass is 10.0. The molecule has 0 bridgehead atoms. The number of hydrogen-bond acceptors (Lipinski definition) is 3. The van der Waals surface area contributed by atoms with Gasteiger partial charge in [-0.3, -0.25) is 10.1 Å². The molecule has 0 aliphatic carbocycles. The van der Waals surface area contributed by atoms with Crippen LogP contribution in [0.4, 0.5) is 5.69 Å². The number of carbonyl (C=O) groups is 1. The lowest BCUT2D eigenvalue weighted by Crippen LogP contribution is -2.34. The highest BCUT2D eigenvalue weighted by Crippen LogP contribution is 2.23. The summed E-state index contributed by atoms with van der Waals surface area (Å²) in [7, 11) is 0. The molecule has 1 amide bonds. The molecule has 0 spiro atoms. The molecule has 0 atom stereocenters. The van der Waals surface area contributed by atoms with E-state index in [0.717, 1.165) is 11.3 Å². The van der Waals surface area contributed by atoms with Gasteiger partial charge in [0.1, 0.15) is 5.75 Å². The first-order valence-electron chi connectivity index (χ1n) is 7.95. The topological polar surface area (TPSA) is 50.4 Å². The largest absolute Gasteiger partial charge is 0.494 e. The van der Waals surface area contributed by atoms with Crippen molar-refractivity contribution in [3.63, 3.8) is 0 Å². The van der Waals surface area contributed by atoms with Gasteiger partial charge in [-0.2, -0.15) is 0 Å². The summed E-state index contributed by atoms with van der Waals surface area (Å²) in [5.41, 5.74) is 2.55. The quantitative estimate of drug-likeness (QED) is 0.794. The van der Waals surface area contributed by atoms with E-state index in [4.69, 9.17) is 17.0 Å². The van der Waals surface area contributed by atoms with Gasteiger partial charge in [-0.1, -0.05) is 38.1 Å². The van der Waals surface area contributed by atoms with Crippen molar-refractivity contribution < 1.29 is 9.53 Å². The van der Waals surface area contributed by atoms with Gasteiger partial charge in [0.05, 0.1) is 6.61 Å². The Labute approximate surface area is 148 Å². The lowest BCUT2D eigenvalue weighted by Gasteiger charge is -2.15. The molecule has 0 heterocycles. The van der Waals surface area contributed by atoms with E-state index in [1.54, 1.807) is 18.2 Å². The van der Waals surface area contributed by atoms with Crippen molar-refractivity contribution in [2.75, 3.05) is 11.9 Å². The van der Waals surface area contributed by atoms with Gasteiger partial charge in [0.2, 0.25) is 0 Å². The molecule has 0 saturated carbocycles. The number of para-hydroxylation sites is 1. The average Bonchev–Trinajstić information content (AvgIpc) is 2.55. The first-order chi connectivity index (χ1) is 11.5. The first-order valence-corrected chi connectivity index (χ1v) is 8.36. The van der Waals surface area contributed by atoms with Crippen LogP contribution in [0.15, 0.2) is 48.5 Å². The molecule has 2 N–H and O–H groups in total. The van der Waals surface area contributed by atoms with Crippen LogP contribution in [0.3, 0.4) is 0 Å². The summed E-state index contributed by atoms with van der Waals surface area (Å²) >= 11 is 5.27. The maximum atomic E-state index is 12.3. The normalized spacial score (nSPS) is 10.3. The minimum Gasteiger partial charge on any atom is -0.494 e. The molecule has 24 heavy (non-hydrogen) atoms. The van der Waals surface area contributed by atoms with Crippen molar-refractivity contribution in [1.82, 2.24) is 5.32 Å². The van der Waals surface area contributed by atoms with E-state index in [9.17, 15) is 4.79 Å². The summed E-state index contributed by atoms with van der Waals surface area (Å²) in [6, 6.07) is 14.9. The van der Waals surface area contributed by atoms with Crippen LogP contribution in [0, 0.1) is 0 Å². The molecule has 0 saturated heterocycles. The molecule has 0 unspecified atom stereocenters. The second-order valence-electron chi connectivity index (χ2n) is 5.61. The second-order valence-corrected chi connectivity index (χ2v) is 6.02. The van der Waals surface area contributed by atoms with Crippen molar-refractivity contribution in [1.29, 1.82) is 0 Å². The molecule has 2 aromatic carbocycles. The van der Waals surface area contributed by atoms with E-state index in [1.165, 1.54) is 0 Å². The third kappa shape index (κ3) is 4.80. The van der Waals surface area contributed by atoms with Crippen LogP contribution >= 0.6 is 12.2 Å². The van der Waals surface area contributed by atoms with Gasteiger partial charge in [-0.05, 0) is 54.9 Å². The highest BCUT2D eigenvalue weighted by molar-refractivity contribution is 7.80. The summed E-state index contributed by atoms with van der Waals surface area (Å²) in [4.78, 5) is 12.3. The predicted molar refractivity (Wildman–Crippen MR) is 102 cm³/mol. The zero-order valence-corrected chi connectivity index (χ0v) is 14.9. The van der Waals surface area contributed by atoms with Crippen molar-refractivity contribution in [2.24, 2.45) is 0 Å². The third-order valence-corrected chi connectivity index (χ3v) is 3.67. The predicted octanol–water partition coefficient (Wildman–Crippen LogP) is 4.34. The van der Waals surface area contributed by atoms with Crippen molar-refractivity contribution >= 4 is 28.9 Å². The number of nitrogens with one attached hydrogen (secondary N) is 2. The Kier molecular flexibility index (Phi) is 6.32. The minimum atomic E-state index is -0.268. The molecule has 0 aliphatic rings. The molecule has 126 valence electrons. The first kappa shape index (κ1) is 17.9. The number of hydrogen-bond donors (Lipinski definition) is 2. The molecule has 2 rings (SSSR count). The van der Waals surface area contributed by atoms with Crippen LogP contribution in [0.1, 0.15) is 42.6 Å². The summed E-state index contributed by atoms with van der Waals surface area (Å²) < 4.78 is 5.41. The second kappa shape index (κ2) is 8.45. The fourth-order valence-corrected chi connectivity index (χ4v) is 2.54. The van der Waals surface area contributed by atoms with Gasteiger partial charge in [0, 0.05) is 11.3 Å². The van der Waals surface area contributed by atoms with Gasteiger partial charge in [-0.25, -0.2) is 0 Å². The number of carbonyl (C=O) groups excluding carboxylic acids is 1. The highest BCUT2D eigenvalue weighted by atomic mass is 32.1. The standard InChI is InChI=1S/C19H22N2O2S/c1-4-23-15-9-7-8-14(12-15)18(22)21-19(24)20-17-11-6-5-10-16(17)13(2)3/h5-13H,4H2,1-3H3,(H2,20,21,22,24). The molecular formula is C19H22N2O2S. The SMILES string of the molecule is CCOc1cccc(C(=O)NC(=S)Nc2ccccc2C(C)C)c1. The smallest absolute Gasteiger partial charge is 0.257 e. The van der Waals surface area contributed by atoms with Crippen LogP contribution in [0.5, 0.6) is 5.75 Å². The van der Waals surface area contributed by atoms with Crippen LogP contribution in [0.2, 0.25) is 0 Å².